The average molecular weight is 325 g/mol. The fourth-order valence-corrected chi connectivity index (χ4v) is 2.31. The average Bonchev–Trinajstić information content (AvgIpc) is 2.37. The maximum Gasteiger partial charge on any atom is 0.277 e. The molecule has 0 bridgehead atoms. The second-order valence-corrected chi connectivity index (χ2v) is 5.41. The largest absolute Gasteiger partial charge is 0.349 e. The van der Waals surface area contributed by atoms with Crippen LogP contribution in [0.25, 0.3) is 0 Å². The molecular formula is C13H19ClF2N2OS. The van der Waals surface area contributed by atoms with Gasteiger partial charge in [-0.05, 0) is 25.5 Å². The van der Waals surface area contributed by atoms with Crippen molar-refractivity contribution in [2.24, 2.45) is 5.73 Å². The highest BCUT2D eigenvalue weighted by Gasteiger charge is 2.27. The Morgan fingerprint density at radius 2 is 2.05 bits per heavy atom. The van der Waals surface area contributed by atoms with Crippen molar-refractivity contribution in [2.75, 3.05) is 18.8 Å². The predicted octanol–water partition coefficient (Wildman–Crippen LogP) is 2.53. The minimum atomic E-state index is -3.04. The van der Waals surface area contributed by atoms with Crippen LogP contribution < -0.4 is 11.1 Å². The van der Waals surface area contributed by atoms with E-state index in [9.17, 15) is 13.6 Å². The van der Waals surface area contributed by atoms with E-state index in [4.69, 9.17) is 5.73 Å². The highest BCUT2D eigenvalue weighted by atomic mass is 35.5. The van der Waals surface area contributed by atoms with Gasteiger partial charge in [-0.25, -0.2) is 8.78 Å². The van der Waals surface area contributed by atoms with E-state index in [0.717, 1.165) is 16.0 Å². The van der Waals surface area contributed by atoms with E-state index in [1.807, 2.05) is 32.0 Å². The van der Waals surface area contributed by atoms with Crippen molar-refractivity contribution in [3.05, 3.63) is 29.3 Å². The third kappa shape index (κ3) is 6.54. The number of carbonyl (C=O) groups is 1. The Labute approximate surface area is 128 Å². The van der Waals surface area contributed by atoms with E-state index >= 15 is 0 Å². The number of alkyl halides is 2. The van der Waals surface area contributed by atoms with Crippen LogP contribution in [-0.2, 0) is 4.79 Å². The summed E-state index contributed by atoms with van der Waals surface area (Å²) in [5, 5.41) is 2.19. The van der Waals surface area contributed by atoms with Gasteiger partial charge in [0.25, 0.3) is 5.92 Å². The molecule has 1 aromatic carbocycles. The van der Waals surface area contributed by atoms with Gasteiger partial charge < -0.3 is 11.1 Å². The van der Waals surface area contributed by atoms with Gasteiger partial charge in [0.2, 0.25) is 5.91 Å². The Kier molecular flexibility index (Phi) is 8.08. The lowest BCUT2D eigenvalue weighted by Crippen LogP contribution is -2.42. The van der Waals surface area contributed by atoms with E-state index in [2.05, 4.69) is 5.32 Å². The Hall–Kier alpha value is -0.850. The van der Waals surface area contributed by atoms with E-state index in [1.165, 1.54) is 11.8 Å². The van der Waals surface area contributed by atoms with Crippen molar-refractivity contribution in [2.45, 2.75) is 24.7 Å². The Bertz CT molecular complexity index is 458. The molecule has 0 spiro atoms. The number of amides is 1. The molecular weight excluding hydrogens is 306 g/mol. The smallest absolute Gasteiger partial charge is 0.277 e. The number of benzene rings is 1. The number of carbonyl (C=O) groups excluding carboxylic acids is 1. The minimum Gasteiger partial charge on any atom is -0.349 e. The van der Waals surface area contributed by atoms with Gasteiger partial charge in [0.05, 0.1) is 18.8 Å². The molecule has 0 heterocycles. The molecule has 1 aromatic rings. The highest BCUT2D eigenvalue weighted by molar-refractivity contribution is 8.00. The molecule has 0 aliphatic rings. The summed E-state index contributed by atoms with van der Waals surface area (Å²) in [5.74, 6) is -3.34. The van der Waals surface area contributed by atoms with Crippen molar-refractivity contribution in [1.29, 1.82) is 0 Å². The second kappa shape index (κ2) is 8.44. The van der Waals surface area contributed by atoms with Crippen LogP contribution in [0.4, 0.5) is 8.78 Å². The third-order valence-corrected chi connectivity index (χ3v) is 3.70. The zero-order valence-electron chi connectivity index (χ0n) is 11.4. The van der Waals surface area contributed by atoms with Crippen LogP contribution in [0.5, 0.6) is 0 Å². The minimum absolute atomic E-state index is 0. The molecule has 7 heteroatoms. The van der Waals surface area contributed by atoms with Gasteiger partial charge in [0.1, 0.15) is 0 Å². The standard InChI is InChI=1S/C13H18F2N2OS.ClH/c1-9-3-4-10(2)11(5-9)19-6-12(18)17-8-13(14,15)7-16;/h3-5H,6-8,16H2,1-2H3,(H,17,18);1H. The third-order valence-electron chi connectivity index (χ3n) is 2.55. The number of hydrogen-bond donors (Lipinski definition) is 2. The van der Waals surface area contributed by atoms with Crippen molar-refractivity contribution in [3.63, 3.8) is 0 Å². The SMILES string of the molecule is Cc1ccc(C)c(SCC(=O)NCC(F)(F)CN)c1.Cl. The van der Waals surface area contributed by atoms with Crippen molar-refractivity contribution < 1.29 is 13.6 Å². The second-order valence-electron chi connectivity index (χ2n) is 4.39. The highest BCUT2D eigenvalue weighted by Crippen LogP contribution is 2.23. The predicted molar refractivity (Wildman–Crippen MR) is 80.9 cm³/mol. The number of halogens is 3. The van der Waals surface area contributed by atoms with Crippen LogP contribution in [0.15, 0.2) is 23.1 Å². The van der Waals surface area contributed by atoms with Crippen LogP contribution in [0.2, 0.25) is 0 Å². The quantitative estimate of drug-likeness (QED) is 0.791. The summed E-state index contributed by atoms with van der Waals surface area (Å²) in [5.41, 5.74) is 7.05. The van der Waals surface area contributed by atoms with Gasteiger partial charge in [0, 0.05) is 4.90 Å². The summed E-state index contributed by atoms with van der Waals surface area (Å²) in [6, 6.07) is 5.93. The number of hydrogen-bond acceptors (Lipinski definition) is 3. The molecule has 0 aliphatic heterocycles. The van der Waals surface area contributed by atoms with Crippen LogP contribution in [-0.4, -0.2) is 30.7 Å². The molecule has 1 amide bonds. The van der Waals surface area contributed by atoms with Gasteiger partial charge in [-0.2, -0.15) is 0 Å². The van der Waals surface area contributed by atoms with Crippen LogP contribution >= 0.6 is 24.2 Å². The first kappa shape index (κ1) is 19.1. The number of rotatable bonds is 6. The summed E-state index contributed by atoms with van der Waals surface area (Å²) < 4.78 is 25.7. The van der Waals surface area contributed by atoms with Gasteiger partial charge >= 0.3 is 0 Å². The topological polar surface area (TPSA) is 55.1 Å². The first-order valence-electron chi connectivity index (χ1n) is 5.89. The normalized spacial score (nSPS) is 10.8. The van der Waals surface area contributed by atoms with E-state index in [1.54, 1.807) is 0 Å². The Morgan fingerprint density at radius 1 is 1.40 bits per heavy atom. The summed E-state index contributed by atoms with van der Waals surface area (Å²) in [6.45, 7) is 2.43. The van der Waals surface area contributed by atoms with Crippen LogP contribution in [0, 0.1) is 13.8 Å². The zero-order valence-corrected chi connectivity index (χ0v) is 13.0. The summed E-state index contributed by atoms with van der Waals surface area (Å²) in [4.78, 5) is 12.5. The van der Waals surface area contributed by atoms with Gasteiger partial charge in [-0.3, -0.25) is 4.79 Å². The summed E-state index contributed by atoms with van der Waals surface area (Å²) in [7, 11) is 0. The molecule has 0 aliphatic carbocycles. The van der Waals surface area contributed by atoms with Crippen molar-refractivity contribution in [3.8, 4) is 0 Å². The molecule has 0 atom stereocenters. The molecule has 1 rings (SSSR count). The molecule has 0 saturated heterocycles. The summed E-state index contributed by atoms with van der Waals surface area (Å²) in [6.07, 6.45) is 0. The molecule has 0 fully saturated rings. The van der Waals surface area contributed by atoms with Crippen molar-refractivity contribution >= 4 is 30.1 Å². The van der Waals surface area contributed by atoms with Gasteiger partial charge in [-0.1, -0.05) is 17.7 Å². The Morgan fingerprint density at radius 3 is 2.65 bits per heavy atom. The Balaban J connectivity index is 0.00000361. The lowest BCUT2D eigenvalue weighted by Gasteiger charge is -2.14. The van der Waals surface area contributed by atoms with E-state index < -0.39 is 24.9 Å². The lowest BCUT2D eigenvalue weighted by molar-refractivity contribution is -0.120. The maximum atomic E-state index is 12.8. The molecule has 0 unspecified atom stereocenters. The van der Waals surface area contributed by atoms with E-state index in [0.29, 0.717) is 0 Å². The lowest BCUT2D eigenvalue weighted by atomic mass is 10.2. The molecule has 0 radical (unpaired) electrons. The first-order valence-corrected chi connectivity index (χ1v) is 6.87. The maximum absolute atomic E-state index is 12.8. The first-order chi connectivity index (χ1) is 8.84. The zero-order chi connectivity index (χ0) is 14.5. The summed E-state index contributed by atoms with van der Waals surface area (Å²) >= 11 is 1.34. The molecule has 0 aromatic heterocycles. The molecule has 0 saturated carbocycles. The molecule has 3 nitrogen and oxygen atoms in total. The number of nitrogens with one attached hydrogen (secondary N) is 1. The fraction of sp³-hybridized carbons (Fsp3) is 0.462. The van der Waals surface area contributed by atoms with E-state index in [-0.39, 0.29) is 18.2 Å². The number of nitrogens with two attached hydrogens (primary N) is 1. The van der Waals surface area contributed by atoms with Crippen molar-refractivity contribution in [1.82, 2.24) is 5.32 Å². The van der Waals surface area contributed by atoms with Gasteiger partial charge in [0.15, 0.2) is 0 Å². The van der Waals surface area contributed by atoms with Crippen LogP contribution in [0.1, 0.15) is 11.1 Å². The molecule has 3 N–H and O–H groups in total. The van der Waals surface area contributed by atoms with Gasteiger partial charge in [-0.15, -0.1) is 24.2 Å². The molecule has 20 heavy (non-hydrogen) atoms. The number of thioether (sulfide) groups is 1. The molecule has 114 valence electrons. The van der Waals surface area contributed by atoms with Crippen LogP contribution in [0.3, 0.4) is 0 Å². The fourth-order valence-electron chi connectivity index (χ4n) is 1.36. The monoisotopic (exact) mass is 324 g/mol. The number of aryl methyl sites for hydroxylation is 2.